The van der Waals surface area contributed by atoms with Gasteiger partial charge in [-0.25, -0.2) is 0 Å². The highest BCUT2D eigenvalue weighted by Crippen LogP contribution is 2.27. The van der Waals surface area contributed by atoms with Crippen molar-refractivity contribution in [1.82, 2.24) is 0 Å². The number of hydrogen-bond acceptors (Lipinski definition) is 1. The van der Waals surface area contributed by atoms with Crippen LogP contribution < -0.4 is 0 Å². The number of halogens is 1. The van der Waals surface area contributed by atoms with Gasteiger partial charge in [0, 0.05) is 5.92 Å². The van der Waals surface area contributed by atoms with Gasteiger partial charge >= 0.3 is 0 Å². The van der Waals surface area contributed by atoms with Crippen molar-refractivity contribution in [1.29, 1.82) is 0 Å². The van der Waals surface area contributed by atoms with Crippen LogP contribution in [0.1, 0.15) is 45.4 Å². The maximum Gasteiger partial charge on any atom is 0.149 e. The summed E-state index contributed by atoms with van der Waals surface area (Å²) in [6, 6.07) is 0. The number of carbonyl (C=O) groups excluding carboxylic acids is 1. The fraction of sp³-hybridized carbons (Fsp3) is 0.900. The van der Waals surface area contributed by atoms with Gasteiger partial charge in [-0.15, -0.1) is 0 Å². The van der Waals surface area contributed by atoms with E-state index < -0.39 is 0 Å². The van der Waals surface area contributed by atoms with Gasteiger partial charge in [0.1, 0.15) is 5.78 Å². The van der Waals surface area contributed by atoms with Crippen LogP contribution in [-0.4, -0.2) is 10.6 Å². The molecular weight excluding hydrogens is 216 g/mol. The lowest BCUT2D eigenvalue weighted by Crippen LogP contribution is -2.21. The lowest BCUT2D eigenvalue weighted by molar-refractivity contribution is -0.122. The minimum absolute atomic E-state index is 0.150. The fourth-order valence-electron chi connectivity index (χ4n) is 1.89. The highest BCUT2D eigenvalue weighted by Gasteiger charge is 2.26. The molecule has 2 atom stereocenters. The Labute approximate surface area is 83.0 Å². The maximum atomic E-state index is 11.7. The van der Waals surface area contributed by atoms with Crippen molar-refractivity contribution in [2.75, 3.05) is 0 Å². The van der Waals surface area contributed by atoms with Crippen LogP contribution in [-0.2, 0) is 4.79 Å². The van der Waals surface area contributed by atoms with Gasteiger partial charge in [-0.2, -0.15) is 0 Å². The SMILES string of the molecule is CCCC1CCCCC(Br)C1=O. The summed E-state index contributed by atoms with van der Waals surface area (Å²) in [5.41, 5.74) is 0. The fourth-order valence-corrected chi connectivity index (χ4v) is 2.59. The average Bonchev–Trinajstić information content (AvgIpc) is 2.20. The smallest absolute Gasteiger partial charge is 0.149 e. The molecule has 0 saturated heterocycles. The van der Waals surface area contributed by atoms with Crippen molar-refractivity contribution in [2.45, 2.75) is 50.3 Å². The molecule has 0 aliphatic heterocycles. The highest BCUT2D eigenvalue weighted by atomic mass is 79.9. The second kappa shape index (κ2) is 5.00. The number of ketones is 1. The van der Waals surface area contributed by atoms with Crippen LogP contribution >= 0.6 is 15.9 Å². The van der Waals surface area contributed by atoms with Crippen LogP contribution in [0, 0.1) is 5.92 Å². The molecule has 1 nitrogen and oxygen atoms in total. The molecule has 0 aromatic heterocycles. The van der Waals surface area contributed by atoms with Crippen LogP contribution in [0.15, 0.2) is 0 Å². The first kappa shape index (κ1) is 10.2. The zero-order valence-electron chi connectivity index (χ0n) is 7.68. The standard InChI is InChI=1S/C10H17BrO/c1-2-5-8-6-3-4-7-9(11)10(8)12/h8-9H,2-7H2,1H3. The molecule has 1 aliphatic rings. The lowest BCUT2D eigenvalue weighted by Gasteiger charge is -2.13. The van der Waals surface area contributed by atoms with Gasteiger partial charge in [0.15, 0.2) is 0 Å². The Kier molecular flexibility index (Phi) is 4.27. The first-order chi connectivity index (χ1) is 5.75. The molecule has 0 N–H and O–H groups in total. The molecule has 2 heteroatoms. The maximum absolute atomic E-state index is 11.7. The Bertz CT molecular complexity index is 156. The summed E-state index contributed by atoms with van der Waals surface area (Å²) in [5.74, 6) is 0.802. The van der Waals surface area contributed by atoms with Gasteiger partial charge in [0.05, 0.1) is 4.83 Å². The van der Waals surface area contributed by atoms with E-state index >= 15 is 0 Å². The van der Waals surface area contributed by atoms with Gasteiger partial charge in [-0.1, -0.05) is 42.1 Å². The van der Waals surface area contributed by atoms with E-state index in [0.717, 1.165) is 25.7 Å². The van der Waals surface area contributed by atoms with Crippen molar-refractivity contribution in [2.24, 2.45) is 5.92 Å². The molecule has 2 unspecified atom stereocenters. The Morgan fingerprint density at radius 3 is 2.75 bits per heavy atom. The van der Waals surface area contributed by atoms with Crippen LogP contribution in [0.4, 0.5) is 0 Å². The average molecular weight is 233 g/mol. The van der Waals surface area contributed by atoms with Crippen LogP contribution in [0.3, 0.4) is 0 Å². The largest absolute Gasteiger partial charge is 0.298 e. The molecule has 1 rings (SSSR count). The van der Waals surface area contributed by atoms with Crippen LogP contribution in [0.25, 0.3) is 0 Å². The molecule has 70 valence electrons. The van der Waals surface area contributed by atoms with Gasteiger partial charge < -0.3 is 0 Å². The number of hydrogen-bond donors (Lipinski definition) is 0. The van der Waals surface area contributed by atoms with Crippen molar-refractivity contribution >= 4 is 21.7 Å². The van der Waals surface area contributed by atoms with Crippen molar-refractivity contribution < 1.29 is 4.79 Å². The minimum atomic E-state index is 0.150. The number of carbonyl (C=O) groups is 1. The monoisotopic (exact) mass is 232 g/mol. The zero-order chi connectivity index (χ0) is 8.97. The summed E-state index contributed by atoms with van der Waals surface area (Å²) in [4.78, 5) is 11.8. The quantitative estimate of drug-likeness (QED) is 0.528. The van der Waals surface area contributed by atoms with E-state index in [1.165, 1.54) is 12.8 Å². The van der Waals surface area contributed by atoms with Crippen LogP contribution in [0.2, 0.25) is 0 Å². The van der Waals surface area contributed by atoms with E-state index in [1.807, 2.05) is 0 Å². The van der Waals surface area contributed by atoms with Gasteiger partial charge in [0.2, 0.25) is 0 Å². The van der Waals surface area contributed by atoms with Gasteiger partial charge in [-0.05, 0) is 19.3 Å². The Morgan fingerprint density at radius 1 is 1.42 bits per heavy atom. The molecule has 0 amide bonds. The molecule has 0 spiro atoms. The summed E-state index contributed by atoms with van der Waals surface area (Å²) >= 11 is 3.46. The summed E-state index contributed by atoms with van der Waals surface area (Å²) < 4.78 is 0. The van der Waals surface area contributed by atoms with Crippen molar-refractivity contribution in [3.63, 3.8) is 0 Å². The Hall–Kier alpha value is 0.150. The molecule has 0 radical (unpaired) electrons. The summed E-state index contributed by atoms with van der Waals surface area (Å²) in [6.07, 6.45) is 6.82. The van der Waals surface area contributed by atoms with Crippen LogP contribution in [0.5, 0.6) is 0 Å². The number of rotatable bonds is 2. The minimum Gasteiger partial charge on any atom is -0.298 e. The predicted octanol–water partition coefficient (Wildman–Crippen LogP) is 3.31. The molecule has 1 fully saturated rings. The molecular formula is C10H17BrO. The van der Waals surface area contributed by atoms with E-state index in [2.05, 4.69) is 22.9 Å². The number of alkyl halides is 1. The Morgan fingerprint density at radius 2 is 2.08 bits per heavy atom. The lowest BCUT2D eigenvalue weighted by atomic mass is 9.94. The molecule has 0 heterocycles. The number of Topliss-reactive ketones (excluding diaryl/α,β-unsaturated/α-hetero) is 1. The normalized spacial score (nSPS) is 31.7. The van der Waals surface area contributed by atoms with E-state index in [1.54, 1.807) is 0 Å². The van der Waals surface area contributed by atoms with Crippen molar-refractivity contribution in [3.8, 4) is 0 Å². The second-order valence-corrected chi connectivity index (χ2v) is 4.75. The van der Waals surface area contributed by atoms with Gasteiger partial charge in [0.25, 0.3) is 0 Å². The third kappa shape index (κ3) is 2.58. The third-order valence-corrected chi connectivity index (χ3v) is 3.52. The van der Waals surface area contributed by atoms with Gasteiger partial charge in [-0.3, -0.25) is 4.79 Å². The third-order valence-electron chi connectivity index (χ3n) is 2.61. The van der Waals surface area contributed by atoms with E-state index in [-0.39, 0.29) is 4.83 Å². The van der Waals surface area contributed by atoms with E-state index in [4.69, 9.17) is 0 Å². The second-order valence-electron chi connectivity index (χ2n) is 3.64. The highest BCUT2D eigenvalue weighted by molar-refractivity contribution is 9.10. The zero-order valence-corrected chi connectivity index (χ0v) is 9.27. The molecule has 1 aliphatic carbocycles. The van der Waals surface area contributed by atoms with E-state index in [9.17, 15) is 4.79 Å². The summed E-state index contributed by atoms with van der Waals surface area (Å²) in [6.45, 7) is 2.15. The Balaban J connectivity index is 2.52. The molecule has 0 aromatic rings. The molecule has 0 bridgehead atoms. The molecule has 1 saturated carbocycles. The molecule has 0 aromatic carbocycles. The van der Waals surface area contributed by atoms with E-state index in [0.29, 0.717) is 11.7 Å². The first-order valence-corrected chi connectivity index (χ1v) is 5.85. The van der Waals surface area contributed by atoms with Crippen molar-refractivity contribution in [3.05, 3.63) is 0 Å². The topological polar surface area (TPSA) is 17.1 Å². The first-order valence-electron chi connectivity index (χ1n) is 4.93. The predicted molar refractivity (Wildman–Crippen MR) is 54.6 cm³/mol. The molecule has 12 heavy (non-hydrogen) atoms. The summed E-state index contributed by atoms with van der Waals surface area (Å²) in [7, 11) is 0. The summed E-state index contributed by atoms with van der Waals surface area (Å²) in [5, 5.41) is 0.